The lowest BCUT2D eigenvalue weighted by Crippen LogP contribution is -2.60. The van der Waals surface area contributed by atoms with E-state index in [-0.39, 0.29) is 12.1 Å². The summed E-state index contributed by atoms with van der Waals surface area (Å²) in [5.74, 6) is 0. The van der Waals surface area contributed by atoms with Gasteiger partial charge in [-0.25, -0.2) is 4.79 Å². The summed E-state index contributed by atoms with van der Waals surface area (Å²) in [6.07, 6.45) is 3.36. The molecule has 2 rings (SSSR count). The van der Waals surface area contributed by atoms with Crippen molar-refractivity contribution in [3.8, 4) is 0 Å². The van der Waals surface area contributed by atoms with E-state index in [2.05, 4.69) is 17.2 Å². The van der Waals surface area contributed by atoms with Gasteiger partial charge in [-0.1, -0.05) is 0 Å². The first-order chi connectivity index (χ1) is 9.35. The van der Waals surface area contributed by atoms with Gasteiger partial charge in [0.05, 0.1) is 0 Å². The number of rotatable bonds is 3. The van der Waals surface area contributed by atoms with Crippen LogP contribution in [0.5, 0.6) is 0 Å². The normalized spacial score (nSPS) is 17.5. The number of likely N-dealkylation sites (tertiary alicyclic amines) is 1. The summed E-state index contributed by atoms with van der Waals surface area (Å²) < 4.78 is 5.33. The molecule has 0 unspecified atom stereocenters. The molecule has 0 radical (unpaired) electrons. The monoisotopic (exact) mass is 277 g/mol. The van der Waals surface area contributed by atoms with Crippen molar-refractivity contribution < 1.29 is 9.53 Å². The number of pyridine rings is 1. The van der Waals surface area contributed by atoms with E-state index in [1.807, 2.05) is 32.9 Å². The molecule has 1 aliphatic rings. The van der Waals surface area contributed by atoms with Crippen LogP contribution in [-0.2, 0) is 4.74 Å². The summed E-state index contributed by atoms with van der Waals surface area (Å²) in [7, 11) is 0. The van der Waals surface area contributed by atoms with Gasteiger partial charge in [-0.2, -0.15) is 0 Å². The highest BCUT2D eigenvalue weighted by Gasteiger charge is 2.34. The minimum absolute atomic E-state index is 0.230. The predicted octanol–water partition coefficient (Wildman–Crippen LogP) is 2.35. The molecule has 2 heterocycles. The molecular formula is C15H23N3O2. The third-order valence-electron chi connectivity index (χ3n) is 3.23. The molecule has 1 amide bonds. The van der Waals surface area contributed by atoms with E-state index in [9.17, 15) is 4.79 Å². The largest absolute Gasteiger partial charge is 0.444 e. The van der Waals surface area contributed by atoms with Crippen LogP contribution in [-0.4, -0.2) is 40.7 Å². The van der Waals surface area contributed by atoms with E-state index in [0.717, 1.165) is 0 Å². The summed E-state index contributed by atoms with van der Waals surface area (Å²) in [4.78, 5) is 17.5. The molecule has 110 valence electrons. The Balaban J connectivity index is 1.76. The topological polar surface area (TPSA) is 54.5 Å². The molecule has 1 aromatic heterocycles. The van der Waals surface area contributed by atoms with Crippen LogP contribution in [0.25, 0.3) is 0 Å². The first-order valence-corrected chi connectivity index (χ1v) is 6.99. The molecule has 20 heavy (non-hydrogen) atoms. The van der Waals surface area contributed by atoms with Gasteiger partial charge in [-0.05, 0) is 45.4 Å². The highest BCUT2D eigenvalue weighted by molar-refractivity contribution is 5.69. The van der Waals surface area contributed by atoms with Gasteiger partial charge in [0.1, 0.15) is 5.60 Å². The average Bonchev–Trinajstić information content (AvgIpc) is 2.31. The Hall–Kier alpha value is -1.62. The third-order valence-corrected chi connectivity index (χ3v) is 3.23. The quantitative estimate of drug-likeness (QED) is 0.921. The van der Waals surface area contributed by atoms with Crippen LogP contribution in [0.4, 0.5) is 4.79 Å². The number of amides is 1. The lowest BCUT2D eigenvalue weighted by molar-refractivity contribution is 0.00434. The second kappa shape index (κ2) is 5.79. The van der Waals surface area contributed by atoms with Crippen LogP contribution in [0.3, 0.4) is 0 Å². The SMILES string of the molecule is C[C@H](NC1CN(C(=O)OC(C)(C)C)C1)c1ccncc1. The number of hydrogen-bond acceptors (Lipinski definition) is 4. The predicted molar refractivity (Wildman–Crippen MR) is 77.4 cm³/mol. The number of hydrogen-bond donors (Lipinski definition) is 1. The van der Waals surface area contributed by atoms with E-state index in [4.69, 9.17) is 4.74 Å². The van der Waals surface area contributed by atoms with Crippen molar-refractivity contribution in [3.05, 3.63) is 30.1 Å². The highest BCUT2D eigenvalue weighted by atomic mass is 16.6. The van der Waals surface area contributed by atoms with Crippen molar-refractivity contribution >= 4 is 6.09 Å². The first-order valence-electron chi connectivity index (χ1n) is 6.99. The Morgan fingerprint density at radius 1 is 1.40 bits per heavy atom. The van der Waals surface area contributed by atoms with E-state index in [1.54, 1.807) is 17.3 Å². The van der Waals surface area contributed by atoms with Crippen LogP contribution in [0, 0.1) is 0 Å². The Morgan fingerprint density at radius 3 is 2.55 bits per heavy atom. The highest BCUT2D eigenvalue weighted by Crippen LogP contribution is 2.18. The van der Waals surface area contributed by atoms with Crippen molar-refractivity contribution in [3.63, 3.8) is 0 Å². The zero-order valence-corrected chi connectivity index (χ0v) is 12.6. The number of nitrogens with one attached hydrogen (secondary N) is 1. The summed E-state index contributed by atoms with van der Waals surface area (Å²) in [6, 6.07) is 4.58. The Kier molecular flexibility index (Phi) is 4.28. The lowest BCUT2D eigenvalue weighted by atomic mass is 10.1. The molecule has 0 aromatic carbocycles. The van der Waals surface area contributed by atoms with Gasteiger partial charge in [0.25, 0.3) is 0 Å². The second-order valence-corrected chi connectivity index (χ2v) is 6.25. The maximum Gasteiger partial charge on any atom is 0.410 e. The number of nitrogens with zero attached hydrogens (tertiary/aromatic N) is 2. The maximum atomic E-state index is 11.8. The number of ether oxygens (including phenoxy) is 1. The Labute approximate surface area is 120 Å². The molecule has 0 saturated carbocycles. The van der Waals surface area contributed by atoms with Gasteiger partial charge in [-0.15, -0.1) is 0 Å². The fourth-order valence-electron chi connectivity index (χ4n) is 2.16. The smallest absolute Gasteiger partial charge is 0.410 e. The molecule has 1 aliphatic heterocycles. The summed E-state index contributed by atoms with van der Waals surface area (Å²) in [5.41, 5.74) is 0.774. The minimum atomic E-state index is -0.431. The van der Waals surface area contributed by atoms with Gasteiger partial charge < -0.3 is 15.0 Å². The molecule has 5 heteroatoms. The van der Waals surface area contributed by atoms with Crippen LogP contribution >= 0.6 is 0 Å². The van der Waals surface area contributed by atoms with Gasteiger partial charge >= 0.3 is 6.09 Å². The van der Waals surface area contributed by atoms with Gasteiger partial charge in [0.2, 0.25) is 0 Å². The summed E-state index contributed by atoms with van der Waals surface area (Å²) in [6.45, 7) is 9.16. The Bertz CT molecular complexity index is 450. The number of carbonyl (C=O) groups is 1. The summed E-state index contributed by atoms with van der Waals surface area (Å²) in [5, 5.41) is 3.50. The van der Waals surface area contributed by atoms with Crippen molar-refractivity contribution in [2.24, 2.45) is 0 Å². The van der Waals surface area contributed by atoms with Gasteiger partial charge in [0, 0.05) is 37.6 Å². The second-order valence-electron chi connectivity index (χ2n) is 6.25. The fraction of sp³-hybridized carbons (Fsp3) is 0.600. The summed E-state index contributed by atoms with van der Waals surface area (Å²) >= 11 is 0. The van der Waals surface area contributed by atoms with E-state index in [1.165, 1.54) is 5.56 Å². The van der Waals surface area contributed by atoms with Crippen molar-refractivity contribution in [2.75, 3.05) is 13.1 Å². The number of aromatic nitrogens is 1. The standard InChI is InChI=1S/C15H23N3O2/c1-11(12-5-7-16-8-6-12)17-13-9-18(10-13)14(19)20-15(2,3)4/h5-8,11,13,17H,9-10H2,1-4H3/t11-/m0/s1. The van der Waals surface area contributed by atoms with Crippen LogP contribution in [0.15, 0.2) is 24.5 Å². The zero-order valence-electron chi connectivity index (χ0n) is 12.6. The van der Waals surface area contributed by atoms with Crippen molar-refractivity contribution in [1.82, 2.24) is 15.2 Å². The van der Waals surface area contributed by atoms with E-state index < -0.39 is 5.60 Å². The first kappa shape index (κ1) is 14.8. The fourth-order valence-corrected chi connectivity index (χ4v) is 2.16. The van der Waals surface area contributed by atoms with Crippen LogP contribution in [0.1, 0.15) is 39.3 Å². The maximum absolute atomic E-state index is 11.8. The molecule has 1 atom stereocenters. The molecule has 0 aliphatic carbocycles. The third kappa shape index (κ3) is 3.93. The molecule has 0 bridgehead atoms. The number of carbonyl (C=O) groups excluding carboxylic acids is 1. The van der Waals surface area contributed by atoms with E-state index >= 15 is 0 Å². The van der Waals surface area contributed by atoms with E-state index in [0.29, 0.717) is 19.1 Å². The molecule has 5 nitrogen and oxygen atoms in total. The molecule has 1 saturated heterocycles. The van der Waals surface area contributed by atoms with Gasteiger partial charge in [-0.3, -0.25) is 4.98 Å². The average molecular weight is 277 g/mol. The Morgan fingerprint density at radius 2 is 2.00 bits per heavy atom. The van der Waals surface area contributed by atoms with Gasteiger partial charge in [0.15, 0.2) is 0 Å². The lowest BCUT2D eigenvalue weighted by Gasteiger charge is -2.41. The zero-order chi connectivity index (χ0) is 14.8. The van der Waals surface area contributed by atoms with Crippen LogP contribution < -0.4 is 5.32 Å². The van der Waals surface area contributed by atoms with Crippen LogP contribution in [0.2, 0.25) is 0 Å². The van der Waals surface area contributed by atoms with Crippen molar-refractivity contribution in [2.45, 2.75) is 45.4 Å². The molecule has 1 N–H and O–H groups in total. The molecular weight excluding hydrogens is 254 g/mol. The molecule has 1 fully saturated rings. The van der Waals surface area contributed by atoms with Crippen molar-refractivity contribution in [1.29, 1.82) is 0 Å². The molecule has 0 spiro atoms. The minimum Gasteiger partial charge on any atom is -0.444 e. The molecule has 1 aromatic rings.